The van der Waals surface area contributed by atoms with Gasteiger partial charge in [-0.15, -0.1) is 0 Å². The predicted octanol–water partition coefficient (Wildman–Crippen LogP) is 2.60. The Morgan fingerprint density at radius 3 is 2.20 bits per heavy atom. The van der Waals surface area contributed by atoms with E-state index in [0.29, 0.717) is 6.42 Å². The van der Waals surface area contributed by atoms with Gasteiger partial charge in [-0.05, 0) is 6.42 Å². The lowest BCUT2D eigenvalue weighted by Gasteiger charge is -1.96. The Kier molecular flexibility index (Phi) is 3.27. The summed E-state index contributed by atoms with van der Waals surface area (Å²) in [5.74, 6) is 3.15. The summed E-state index contributed by atoms with van der Waals surface area (Å²) in [6.45, 7) is 3.47. The second kappa shape index (κ2) is 3.50. The molecule has 0 aromatic rings. The quantitative estimate of drug-likeness (QED) is 0.504. The van der Waals surface area contributed by atoms with Gasteiger partial charge in [-0.2, -0.15) is 13.2 Å². The molecule has 0 heterocycles. The van der Waals surface area contributed by atoms with Crippen molar-refractivity contribution < 1.29 is 13.2 Å². The predicted molar refractivity (Wildman–Crippen MR) is 33.3 cm³/mol. The topological polar surface area (TPSA) is 0 Å². The summed E-state index contributed by atoms with van der Waals surface area (Å²) in [4.78, 5) is 0. The minimum absolute atomic E-state index is 0.165. The number of halogens is 3. The largest absolute Gasteiger partial charge is 0.457 e. The Morgan fingerprint density at radius 2 is 1.90 bits per heavy atom. The molecule has 1 atom stereocenters. The van der Waals surface area contributed by atoms with Gasteiger partial charge in [0.25, 0.3) is 0 Å². The second-order valence-corrected chi connectivity index (χ2v) is 2.08. The zero-order valence-electron chi connectivity index (χ0n) is 5.92. The molecule has 0 bridgehead atoms. The molecule has 0 nitrogen and oxygen atoms in total. The Labute approximate surface area is 58.4 Å². The highest BCUT2D eigenvalue weighted by molar-refractivity contribution is 5.07. The van der Waals surface area contributed by atoms with E-state index in [4.69, 9.17) is 0 Å². The van der Waals surface area contributed by atoms with Gasteiger partial charge >= 0.3 is 6.18 Å². The van der Waals surface area contributed by atoms with E-state index in [1.165, 1.54) is 5.92 Å². The first kappa shape index (κ1) is 9.35. The van der Waals surface area contributed by atoms with Crippen LogP contribution in [0.25, 0.3) is 0 Å². The summed E-state index contributed by atoms with van der Waals surface area (Å²) in [5.41, 5.74) is 0. The van der Waals surface area contributed by atoms with Crippen LogP contribution in [0.2, 0.25) is 0 Å². The van der Waals surface area contributed by atoms with E-state index < -0.39 is 6.18 Å². The maximum absolute atomic E-state index is 11.4. The van der Waals surface area contributed by atoms with Crippen molar-refractivity contribution in [3.05, 3.63) is 0 Å². The Hall–Kier alpha value is -0.650. The normalized spacial score (nSPS) is 13.7. The fourth-order valence-corrected chi connectivity index (χ4v) is 0.307. The molecule has 0 N–H and O–H groups in total. The first-order chi connectivity index (χ1) is 4.45. The Balaban J connectivity index is 3.91. The van der Waals surface area contributed by atoms with E-state index in [0.717, 1.165) is 0 Å². The van der Waals surface area contributed by atoms with Gasteiger partial charge in [-0.1, -0.05) is 19.8 Å². The van der Waals surface area contributed by atoms with Gasteiger partial charge in [0, 0.05) is 11.8 Å². The van der Waals surface area contributed by atoms with E-state index in [2.05, 4.69) is 5.92 Å². The van der Waals surface area contributed by atoms with Gasteiger partial charge in [-0.25, -0.2) is 0 Å². The van der Waals surface area contributed by atoms with Crippen LogP contribution in [0.15, 0.2) is 0 Å². The molecule has 0 radical (unpaired) electrons. The molecule has 0 amide bonds. The average Bonchev–Trinajstić information content (AvgIpc) is 1.81. The molecule has 0 saturated heterocycles. The minimum atomic E-state index is -4.33. The van der Waals surface area contributed by atoms with Crippen LogP contribution in [0.3, 0.4) is 0 Å². The lowest BCUT2D eigenvalue weighted by molar-refractivity contribution is -0.0698. The molecule has 0 fully saturated rings. The number of alkyl halides is 3. The van der Waals surface area contributed by atoms with Crippen molar-refractivity contribution in [2.75, 3.05) is 0 Å². The number of rotatable bonds is 1. The molecule has 10 heavy (non-hydrogen) atoms. The van der Waals surface area contributed by atoms with E-state index in [9.17, 15) is 13.2 Å². The maximum atomic E-state index is 11.4. The smallest absolute Gasteiger partial charge is 0.159 e. The summed E-state index contributed by atoms with van der Waals surface area (Å²) in [5, 5.41) is 0. The maximum Gasteiger partial charge on any atom is 0.457 e. The number of hydrogen-bond donors (Lipinski definition) is 0. The van der Waals surface area contributed by atoms with Crippen molar-refractivity contribution in [3.63, 3.8) is 0 Å². The monoisotopic (exact) mass is 150 g/mol. The van der Waals surface area contributed by atoms with Crippen molar-refractivity contribution in [1.29, 1.82) is 0 Å². The molecule has 58 valence electrons. The molecule has 0 aliphatic heterocycles. The van der Waals surface area contributed by atoms with Crippen molar-refractivity contribution in [2.45, 2.75) is 26.4 Å². The van der Waals surface area contributed by atoms with Crippen LogP contribution in [0.5, 0.6) is 0 Å². The van der Waals surface area contributed by atoms with E-state index in [1.54, 1.807) is 13.8 Å². The average molecular weight is 150 g/mol. The third kappa shape index (κ3) is 5.49. The second-order valence-electron chi connectivity index (χ2n) is 2.08. The third-order valence-electron chi connectivity index (χ3n) is 1.07. The summed E-state index contributed by atoms with van der Waals surface area (Å²) in [6, 6.07) is 0. The highest BCUT2D eigenvalue weighted by Gasteiger charge is 2.22. The van der Waals surface area contributed by atoms with E-state index in [-0.39, 0.29) is 5.92 Å². The van der Waals surface area contributed by atoms with Crippen molar-refractivity contribution in [2.24, 2.45) is 5.92 Å². The molecular weight excluding hydrogens is 141 g/mol. The van der Waals surface area contributed by atoms with Gasteiger partial charge < -0.3 is 0 Å². The Morgan fingerprint density at radius 1 is 1.40 bits per heavy atom. The third-order valence-corrected chi connectivity index (χ3v) is 1.07. The van der Waals surface area contributed by atoms with Crippen LogP contribution in [0, 0.1) is 17.8 Å². The molecule has 0 spiro atoms. The van der Waals surface area contributed by atoms with Gasteiger partial charge in [0.1, 0.15) is 0 Å². The minimum Gasteiger partial charge on any atom is -0.159 e. The zero-order chi connectivity index (χ0) is 8.20. The van der Waals surface area contributed by atoms with E-state index >= 15 is 0 Å². The van der Waals surface area contributed by atoms with Gasteiger partial charge in [-0.3, -0.25) is 0 Å². The van der Waals surface area contributed by atoms with Crippen molar-refractivity contribution >= 4 is 0 Å². The molecule has 0 aromatic heterocycles. The van der Waals surface area contributed by atoms with Crippen LogP contribution in [0.4, 0.5) is 13.2 Å². The van der Waals surface area contributed by atoms with Crippen LogP contribution < -0.4 is 0 Å². The fourth-order valence-electron chi connectivity index (χ4n) is 0.307. The van der Waals surface area contributed by atoms with Crippen LogP contribution in [-0.2, 0) is 0 Å². The van der Waals surface area contributed by atoms with Gasteiger partial charge in [0.15, 0.2) is 0 Å². The van der Waals surface area contributed by atoms with Crippen LogP contribution in [0.1, 0.15) is 20.3 Å². The first-order valence-electron chi connectivity index (χ1n) is 3.05. The van der Waals surface area contributed by atoms with Crippen LogP contribution in [-0.4, -0.2) is 6.18 Å². The lowest BCUT2D eigenvalue weighted by atomic mass is 10.1. The molecule has 0 aliphatic rings. The molecule has 3 heteroatoms. The Bertz CT molecular complexity index is 146. The van der Waals surface area contributed by atoms with Gasteiger partial charge in [0.05, 0.1) is 0 Å². The van der Waals surface area contributed by atoms with Crippen LogP contribution >= 0.6 is 0 Å². The molecule has 0 rings (SSSR count). The summed E-state index contributed by atoms with van der Waals surface area (Å²) in [7, 11) is 0. The standard InChI is InChI=1S/C7H9F3/c1-3-6(2)4-5-7(8,9)10/h6H,3H2,1-2H3. The molecule has 1 unspecified atom stereocenters. The molecule has 0 saturated carbocycles. The SMILES string of the molecule is CCC(C)C#CC(F)(F)F. The summed E-state index contributed by atoms with van der Waals surface area (Å²) >= 11 is 0. The van der Waals surface area contributed by atoms with Crippen molar-refractivity contribution in [3.8, 4) is 11.8 Å². The molecule has 0 aromatic carbocycles. The highest BCUT2D eigenvalue weighted by atomic mass is 19.4. The zero-order valence-corrected chi connectivity index (χ0v) is 5.92. The van der Waals surface area contributed by atoms with E-state index in [1.807, 2.05) is 0 Å². The number of hydrogen-bond acceptors (Lipinski definition) is 0. The fraction of sp³-hybridized carbons (Fsp3) is 0.714. The lowest BCUT2D eigenvalue weighted by Crippen LogP contribution is -2.02. The first-order valence-corrected chi connectivity index (χ1v) is 3.05. The molecular formula is C7H9F3. The molecule has 0 aliphatic carbocycles. The highest BCUT2D eigenvalue weighted by Crippen LogP contribution is 2.12. The summed E-state index contributed by atoms with van der Waals surface area (Å²) < 4.78 is 34.1. The summed E-state index contributed by atoms with van der Waals surface area (Å²) in [6.07, 6.45) is -3.67. The van der Waals surface area contributed by atoms with Gasteiger partial charge in [0.2, 0.25) is 0 Å². The van der Waals surface area contributed by atoms with Crippen molar-refractivity contribution in [1.82, 2.24) is 0 Å².